The van der Waals surface area contributed by atoms with Gasteiger partial charge in [0, 0.05) is 12.6 Å². The standard InChI is InChI=1S/C15H25NO3/c1-2-16(11-7-3-4-8-11)14(17)12-9-5-6-10-13(12)15(18)19/h11-13H,2-10H2,1H3,(H,18,19). The van der Waals surface area contributed by atoms with Crippen LogP contribution < -0.4 is 0 Å². The Bertz CT molecular complexity index is 336. The molecule has 2 fully saturated rings. The van der Waals surface area contributed by atoms with Crippen LogP contribution in [0.5, 0.6) is 0 Å². The highest BCUT2D eigenvalue weighted by Crippen LogP contribution is 2.33. The molecule has 0 saturated heterocycles. The van der Waals surface area contributed by atoms with E-state index in [2.05, 4.69) is 0 Å². The monoisotopic (exact) mass is 267 g/mol. The van der Waals surface area contributed by atoms with E-state index < -0.39 is 11.9 Å². The lowest BCUT2D eigenvalue weighted by Gasteiger charge is -2.35. The molecule has 0 radical (unpaired) electrons. The van der Waals surface area contributed by atoms with Gasteiger partial charge < -0.3 is 10.0 Å². The molecule has 2 saturated carbocycles. The van der Waals surface area contributed by atoms with E-state index in [1.54, 1.807) is 0 Å². The predicted octanol–water partition coefficient (Wildman–Crippen LogP) is 2.67. The third-order valence-corrected chi connectivity index (χ3v) is 4.79. The summed E-state index contributed by atoms with van der Waals surface area (Å²) >= 11 is 0. The first-order chi connectivity index (χ1) is 9.15. The van der Waals surface area contributed by atoms with Crippen molar-refractivity contribution in [3.8, 4) is 0 Å². The molecule has 1 amide bonds. The van der Waals surface area contributed by atoms with Crippen LogP contribution in [0.4, 0.5) is 0 Å². The molecular formula is C15H25NO3. The predicted molar refractivity (Wildman–Crippen MR) is 72.7 cm³/mol. The molecule has 4 nitrogen and oxygen atoms in total. The van der Waals surface area contributed by atoms with Gasteiger partial charge in [-0.1, -0.05) is 25.7 Å². The van der Waals surface area contributed by atoms with Crippen molar-refractivity contribution in [2.45, 2.75) is 64.3 Å². The number of carboxylic acid groups (broad SMARTS) is 1. The van der Waals surface area contributed by atoms with Gasteiger partial charge in [0.2, 0.25) is 5.91 Å². The summed E-state index contributed by atoms with van der Waals surface area (Å²) in [5, 5.41) is 9.31. The van der Waals surface area contributed by atoms with Crippen molar-refractivity contribution in [1.82, 2.24) is 4.90 Å². The molecule has 2 rings (SSSR count). The van der Waals surface area contributed by atoms with Crippen molar-refractivity contribution < 1.29 is 14.7 Å². The molecule has 2 atom stereocenters. The molecule has 0 bridgehead atoms. The van der Waals surface area contributed by atoms with Gasteiger partial charge in [0.25, 0.3) is 0 Å². The number of hydrogen-bond acceptors (Lipinski definition) is 2. The van der Waals surface area contributed by atoms with Crippen molar-refractivity contribution in [2.75, 3.05) is 6.54 Å². The van der Waals surface area contributed by atoms with Crippen LogP contribution in [-0.2, 0) is 9.59 Å². The minimum Gasteiger partial charge on any atom is -0.481 e. The van der Waals surface area contributed by atoms with Gasteiger partial charge in [-0.2, -0.15) is 0 Å². The van der Waals surface area contributed by atoms with Crippen molar-refractivity contribution >= 4 is 11.9 Å². The van der Waals surface area contributed by atoms with Gasteiger partial charge in [0.1, 0.15) is 0 Å². The molecule has 4 heteroatoms. The number of aliphatic carboxylic acids is 1. The second kappa shape index (κ2) is 6.40. The molecule has 1 N–H and O–H groups in total. The van der Waals surface area contributed by atoms with Gasteiger partial charge in [-0.05, 0) is 32.6 Å². The fourth-order valence-corrected chi connectivity index (χ4v) is 3.74. The molecule has 0 aromatic rings. The van der Waals surface area contributed by atoms with E-state index in [9.17, 15) is 14.7 Å². The summed E-state index contributed by atoms with van der Waals surface area (Å²) in [4.78, 5) is 26.0. The Morgan fingerprint density at radius 2 is 1.53 bits per heavy atom. The molecule has 2 aliphatic carbocycles. The third-order valence-electron chi connectivity index (χ3n) is 4.79. The van der Waals surface area contributed by atoms with Crippen LogP contribution in [0, 0.1) is 11.8 Å². The van der Waals surface area contributed by atoms with E-state index in [1.807, 2.05) is 11.8 Å². The summed E-state index contributed by atoms with van der Waals surface area (Å²) in [7, 11) is 0. The number of carboxylic acids is 1. The Balaban J connectivity index is 2.08. The maximum absolute atomic E-state index is 12.7. The van der Waals surface area contributed by atoms with Crippen LogP contribution in [0.3, 0.4) is 0 Å². The van der Waals surface area contributed by atoms with Crippen LogP contribution in [-0.4, -0.2) is 34.5 Å². The second-order valence-corrected chi connectivity index (χ2v) is 5.90. The Morgan fingerprint density at radius 1 is 1.00 bits per heavy atom. The topological polar surface area (TPSA) is 57.6 Å². The summed E-state index contributed by atoms with van der Waals surface area (Å²) < 4.78 is 0. The largest absolute Gasteiger partial charge is 0.481 e. The fourth-order valence-electron chi connectivity index (χ4n) is 3.74. The first kappa shape index (κ1) is 14.4. The second-order valence-electron chi connectivity index (χ2n) is 5.90. The highest BCUT2D eigenvalue weighted by atomic mass is 16.4. The van der Waals surface area contributed by atoms with E-state index in [0.29, 0.717) is 19.0 Å². The van der Waals surface area contributed by atoms with Gasteiger partial charge >= 0.3 is 5.97 Å². The number of rotatable bonds is 4. The van der Waals surface area contributed by atoms with Gasteiger partial charge in [0.05, 0.1) is 11.8 Å². The van der Waals surface area contributed by atoms with E-state index in [-0.39, 0.29) is 11.8 Å². The Morgan fingerprint density at radius 3 is 2.05 bits per heavy atom. The molecule has 19 heavy (non-hydrogen) atoms. The fraction of sp³-hybridized carbons (Fsp3) is 0.867. The van der Waals surface area contributed by atoms with Crippen LogP contribution in [0.2, 0.25) is 0 Å². The lowest BCUT2D eigenvalue weighted by molar-refractivity contribution is -0.153. The van der Waals surface area contributed by atoms with Crippen LogP contribution >= 0.6 is 0 Å². The average molecular weight is 267 g/mol. The zero-order valence-electron chi connectivity index (χ0n) is 11.8. The minimum absolute atomic E-state index is 0.0986. The number of carbonyl (C=O) groups is 2. The smallest absolute Gasteiger partial charge is 0.307 e. The minimum atomic E-state index is -0.791. The van der Waals surface area contributed by atoms with E-state index in [4.69, 9.17) is 0 Å². The normalized spacial score (nSPS) is 28.3. The van der Waals surface area contributed by atoms with Crippen LogP contribution in [0.1, 0.15) is 58.3 Å². The number of nitrogens with zero attached hydrogens (tertiary/aromatic N) is 1. The number of hydrogen-bond donors (Lipinski definition) is 1. The van der Waals surface area contributed by atoms with E-state index in [0.717, 1.165) is 32.1 Å². The SMILES string of the molecule is CCN(C(=O)C1CCCCC1C(=O)O)C1CCCC1. The first-order valence-corrected chi connectivity index (χ1v) is 7.68. The van der Waals surface area contributed by atoms with Crippen molar-refractivity contribution in [3.05, 3.63) is 0 Å². The summed E-state index contributed by atoms with van der Waals surface area (Å²) in [6, 6.07) is 0.355. The quantitative estimate of drug-likeness (QED) is 0.852. The van der Waals surface area contributed by atoms with E-state index in [1.165, 1.54) is 12.8 Å². The average Bonchev–Trinajstić information content (AvgIpc) is 2.93. The Labute approximate surface area is 115 Å². The zero-order chi connectivity index (χ0) is 13.8. The number of carbonyl (C=O) groups excluding carboxylic acids is 1. The Kier molecular flexibility index (Phi) is 4.83. The van der Waals surface area contributed by atoms with Crippen LogP contribution in [0.25, 0.3) is 0 Å². The van der Waals surface area contributed by atoms with Gasteiger partial charge in [-0.15, -0.1) is 0 Å². The summed E-state index contributed by atoms with van der Waals surface area (Å²) in [6.45, 7) is 2.72. The van der Waals surface area contributed by atoms with Crippen LogP contribution in [0.15, 0.2) is 0 Å². The molecular weight excluding hydrogens is 242 g/mol. The van der Waals surface area contributed by atoms with Crippen molar-refractivity contribution in [3.63, 3.8) is 0 Å². The molecule has 108 valence electrons. The molecule has 2 unspecified atom stereocenters. The third kappa shape index (κ3) is 3.10. The maximum atomic E-state index is 12.7. The van der Waals surface area contributed by atoms with Gasteiger partial charge in [-0.25, -0.2) is 0 Å². The maximum Gasteiger partial charge on any atom is 0.307 e. The van der Waals surface area contributed by atoms with Crippen molar-refractivity contribution in [1.29, 1.82) is 0 Å². The zero-order valence-corrected chi connectivity index (χ0v) is 11.8. The summed E-state index contributed by atoms with van der Waals surface area (Å²) in [5.74, 6) is -1.44. The van der Waals surface area contributed by atoms with Gasteiger partial charge in [-0.3, -0.25) is 9.59 Å². The lowest BCUT2D eigenvalue weighted by Crippen LogP contribution is -2.46. The summed E-state index contributed by atoms with van der Waals surface area (Å²) in [6.07, 6.45) is 7.91. The molecule has 2 aliphatic rings. The molecule has 0 heterocycles. The van der Waals surface area contributed by atoms with Gasteiger partial charge in [0.15, 0.2) is 0 Å². The van der Waals surface area contributed by atoms with Crippen molar-refractivity contribution in [2.24, 2.45) is 11.8 Å². The molecule has 0 spiro atoms. The molecule has 0 aromatic heterocycles. The molecule has 0 aliphatic heterocycles. The molecule has 0 aromatic carbocycles. The summed E-state index contributed by atoms with van der Waals surface area (Å²) in [5.41, 5.74) is 0. The Hall–Kier alpha value is -1.06. The highest BCUT2D eigenvalue weighted by Gasteiger charge is 2.39. The first-order valence-electron chi connectivity index (χ1n) is 7.68. The van der Waals surface area contributed by atoms with E-state index >= 15 is 0 Å². The number of amides is 1. The lowest BCUT2D eigenvalue weighted by atomic mass is 9.78. The highest BCUT2D eigenvalue weighted by molar-refractivity contribution is 5.85.